The minimum atomic E-state index is -4.48. The molecule has 6 heteroatoms. The maximum atomic E-state index is 12.6. The molecule has 0 amide bonds. The van der Waals surface area contributed by atoms with Gasteiger partial charge >= 0.3 is 6.18 Å². The minimum Gasteiger partial charge on any atom is -0.380 e. The molecular formula is C14H14F3NOS. The molecule has 0 fully saturated rings. The van der Waals surface area contributed by atoms with Crippen LogP contribution in [0.15, 0.2) is 24.4 Å². The van der Waals surface area contributed by atoms with Crippen LogP contribution in [0.4, 0.5) is 13.2 Å². The molecule has 0 aliphatic heterocycles. The van der Waals surface area contributed by atoms with Gasteiger partial charge < -0.3 is 5.11 Å². The fourth-order valence-electron chi connectivity index (χ4n) is 1.82. The van der Waals surface area contributed by atoms with Gasteiger partial charge in [0.25, 0.3) is 0 Å². The van der Waals surface area contributed by atoms with Gasteiger partial charge in [0.1, 0.15) is 5.60 Å². The van der Waals surface area contributed by atoms with Gasteiger partial charge in [-0.1, -0.05) is 18.2 Å². The Balaban J connectivity index is 2.43. The van der Waals surface area contributed by atoms with Crippen molar-refractivity contribution < 1.29 is 18.3 Å². The zero-order chi connectivity index (χ0) is 15.1. The molecule has 2 aromatic rings. The number of hydrogen-bond donors (Lipinski definition) is 1. The first-order valence-electron chi connectivity index (χ1n) is 5.96. The number of aryl methyl sites for hydroxylation is 2. The van der Waals surface area contributed by atoms with Crippen molar-refractivity contribution in [1.29, 1.82) is 0 Å². The van der Waals surface area contributed by atoms with E-state index in [1.807, 2.05) is 19.9 Å². The highest BCUT2D eigenvalue weighted by atomic mass is 32.1. The first-order valence-corrected chi connectivity index (χ1v) is 6.77. The van der Waals surface area contributed by atoms with Crippen LogP contribution < -0.4 is 0 Å². The molecule has 0 aliphatic rings. The Hall–Kier alpha value is -1.40. The predicted octanol–water partition coefficient (Wildman–Crippen LogP) is 4.03. The first-order chi connectivity index (χ1) is 9.12. The van der Waals surface area contributed by atoms with Crippen molar-refractivity contribution in [2.24, 2.45) is 0 Å². The van der Waals surface area contributed by atoms with E-state index in [-0.39, 0.29) is 4.88 Å². The van der Waals surface area contributed by atoms with E-state index in [0.717, 1.165) is 17.3 Å². The number of aromatic nitrogens is 1. The molecule has 0 saturated carbocycles. The summed E-state index contributed by atoms with van der Waals surface area (Å²) in [5.74, 6) is 0. The normalized spacial score (nSPS) is 15.2. The topological polar surface area (TPSA) is 33.1 Å². The van der Waals surface area contributed by atoms with E-state index in [9.17, 15) is 18.3 Å². The van der Waals surface area contributed by atoms with E-state index in [1.165, 1.54) is 6.92 Å². The molecule has 2 rings (SSSR count). The molecule has 1 unspecified atom stereocenters. The summed E-state index contributed by atoms with van der Waals surface area (Å²) in [6.45, 7) is 5.30. The van der Waals surface area contributed by atoms with E-state index < -0.39 is 16.8 Å². The van der Waals surface area contributed by atoms with Crippen molar-refractivity contribution in [1.82, 2.24) is 4.98 Å². The molecule has 0 aliphatic carbocycles. The fourth-order valence-corrected chi connectivity index (χ4v) is 2.67. The minimum absolute atomic E-state index is 0.174. The number of alkyl halides is 3. The van der Waals surface area contributed by atoms with Crippen LogP contribution in [0, 0.1) is 13.8 Å². The summed E-state index contributed by atoms with van der Waals surface area (Å²) < 4.78 is 37.7. The zero-order valence-electron chi connectivity index (χ0n) is 11.2. The summed E-state index contributed by atoms with van der Waals surface area (Å²) in [5, 5.41) is 9.61. The molecule has 1 aromatic heterocycles. The molecule has 0 saturated heterocycles. The van der Waals surface area contributed by atoms with Crippen molar-refractivity contribution in [3.63, 3.8) is 0 Å². The Morgan fingerprint density at radius 2 is 1.80 bits per heavy atom. The Kier molecular flexibility index (Phi) is 3.64. The molecule has 2 nitrogen and oxygen atoms in total. The number of benzene rings is 1. The van der Waals surface area contributed by atoms with E-state index in [1.54, 1.807) is 12.1 Å². The Bertz CT molecular complexity index is 632. The second-order valence-corrected chi connectivity index (χ2v) is 5.93. The highest BCUT2D eigenvalue weighted by Gasteiger charge is 2.37. The zero-order valence-corrected chi connectivity index (χ0v) is 12.1. The van der Waals surface area contributed by atoms with Gasteiger partial charge in [0.15, 0.2) is 5.01 Å². The largest absolute Gasteiger partial charge is 0.443 e. The van der Waals surface area contributed by atoms with Crippen LogP contribution in [0.5, 0.6) is 0 Å². The number of rotatable bonds is 2. The van der Waals surface area contributed by atoms with Crippen LogP contribution >= 0.6 is 11.3 Å². The smallest absolute Gasteiger partial charge is 0.380 e. The maximum absolute atomic E-state index is 12.6. The molecule has 1 aromatic carbocycles. The lowest BCUT2D eigenvalue weighted by Gasteiger charge is -2.23. The molecule has 1 atom stereocenters. The van der Waals surface area contributed by atoms with Gasteiger partial charge in [-0.3, -0.25) is 0 Å². The van der Waals surface area contributed by atoms with Gasteiger partial charge in [0.05, 0.1) is 4.88 Å². The van der Waals surface area contributed by atoms with Crippen LogP contribution in [0.3, 0.4) is 0 Å². The van der Waals surface area contributed by atoms with Crippen LogP contribution in [0.2, 0.25) is 0 Å². The van der Waals surface area contributed by atoms with E-state index in [0.29, 0.717) is 16.9 Å². The van der Waals surface area contributed by atoms with Crippen LogP contribution in [-0.2, 0) is 11.8 Å². The number of thiazole rings is 1. The number of aliphatic hydroxyl groups is 1. The Labute approximate surface area is 118 Å². The molecule has 1 N–H and O–H groups in total. The van der Waals surface area contributed by atoms with Crippen LogP contribution in [-0.4, -0.2) is 10.1 Å². The van der Waals surface area contributed by atoms with Gasteiger partial charge in [0, 0.05) is 6.20 Å². The second kappa shape index (κ2) is 4.86. The fraction of sp³-hybridized carbons (Fsp3) is 0.357. The van der Waals surface area contributed by atoms with E-state index in [4.69, 9.17) is 0 Å². The summed E-state index contributed by atoms with van der Waals surface area (Å²) >= 11 is 0.466. The number of nitrogens with zero attached hydrogens (tertiary/aromatic N) is 1. The maximum Gasteiger partial charge on any atom is 0.443 e. The lowest BCUT2D eigenvalue weighted by Crippen LogP contribution is -2.21. The Morgan fingerprint density at radius 1 is 1.15 bits per heavy atom. The SMILES string of the molecule is Cc1ccc(C(C)(O)c2cnc(C(F)(F)F)s2)cc1C. The molecule has 0 radical (unpaired) electrons. The van der Waals surface area contributed by atoms with Gasteiger partial charge in [-0.2, -0.15) is 13.2 Å². The van der Waals surface area contributed by atoms with Crippen molar-refractivity contribution in [2.45, 2.75) is 32.5 Å². The van der Waals surface area contributed by atoms with Gasteiger partial charge in [-0.25, -0.2) is 4.98 Å². The van der Waals surface area contributed by atoms with Gasteiger partial charge in [0.2, 0.25) is 0 Å². The third kappa shape index (κ3) is 2.71. The molecule has 0 spiro atoms. The molecule has 0 bridgehead atoms. The van der Waals surface area contributed by atoms with Crippen molar-refractivity contribution in [2.75, 3.05) is 0 Å². The number of halogens is 3. The summed E-state index contributed by atoms with van der Waals surface area (Å²) in [7, 11) is 0. The molecule has 108 valence electrons. The second-order valence-electron chi connectivity index (χ2n) is 4.90. The standard InChI is InChI=1S/C14H14F3NOS/c1-8-4-5-10(6-9(8)2)13(3,19)11-7-18-12(20-11)14(15,16)17/h4-7,19H,1-3H3. The average molecular weight is 301 g/mol. The monoisotopic (exact) mass is 301 g/mol. The highest BCUT2D eigenvalue weighted by Crippen LogP contribution is 2.38. The lowest BCUT2D eigenvalue weighted by atomic mass is 9.92. The summed E-state index contributed by atoms with van der Waals surface area (Å²) in [6, 6.07) is 5.34. The predicted molar refractivity (Wildman–Crippen MR) is 71.7 cm³/mol. The van der Waals surface area contributed by atoms with E-state index >= 15 is 0 Å². The van der Waals surface area contributed by atoms with Gasteiger partial charge in [-0.05, 0) is 37.5 Å². The van der Waals surface area contributed by atoms with Crippen molar-refractivity contribution >= 4 is 11.3 Å². The molecule has 20 heavy (non-hydrogen) atoms. The van der Waals surface area contributed by atoms with Gasteiger partial charge in [-0.15, -0.1) is 11.3 Å². The lowest BCUT2D eigenvalue weighted by molar-refractivity contribution is -0.137. The van der Waals surface area contributed by atoms with Crippen molar-refractivity contribution in [3.8, 4) is 0 Å². The van der Waals surface area contributed by atoms with Crippen LogP contribution in [0.25, 0.3) is 0 Å². The third-order valence-electron chi connectivity index (χ3n) is 3.30. The first kappa shape index (κ1) is 15.0. The highest BCUT2D eigenvalue weighted by molar-refractivity contribution is 7.11. The summed E-state index contributed by atoms with van der Waals surface area (Å²) in [4.78, 5) is 3.53. The van der Waals surface area contributed by atoms with Crippen molar-refractivity contribution in [3.05, 3.63) is 51.0 Å². The molecule has 1 heterocycles. The third-order valence-corrected chi connectivity index (χ3v) is 4.55. The molecular weight excluding hydrogens is 287 g/mol. The Morgan fingerprint density at radius 3 is 2.30 bits per heavy atom. The average Bonchev–Trinajstić information content (AvgIpc) is 2.82. The van der Waals surface area contributed by atoms with Crippen LogP contribution in [0.1, 0.15) is 33.5 Å². The number of hydrogen-bond acceptors (Lipinski definition) is 3. The quantitative estimate of drug-likeness (QED) is 0.908. The summed E-state index contributed by atoms with van der Waals surface area (Å²) in [5.41, 5.74) is 1.10. The summed E-state index contributed by atoms with van der Waals surface area (Å²) in [6.07, 6.45) is -3.40. The van der Waals surface area contributed by atoms with E-state index in [2.05, 4.69) is 4.98 Å².